The van der Waals surface area contributed by atoms with Crippen molar-refractivity contribution in [1.82, 2.24) is 29.5 Å². The second kappa shape index (κ2) is 7.14. The second-order valence-corrected chi connectivity index (χ2v) is 7.10. The van der Waals surface area contributed by atoms with Crippen molar-refractivity contribution >= 4 is 11.4 Å². The number of rotatable bonds is 3. The van der Waals surface area contributed by atoms with Gasteiger partial charge < -0.3 is 14.3 Å². The summed E-state index contributed by atoms with van der Waals surface area (Å²) in [6, 6.07) is 3.96. The first-order valence-corrected chi connectivity index (χ1v) is 9.36. The molecule has 0 saturated carbocycles. The summed E-state index contributed by atoms with van der Waals surface area (Å²) in [5.41, 5.74) is -0.527. The summed E-state index contributed by atoms with van der Waals surface area (Å²) < 4.78 is 72.5. The molecule has 1 aliphatic rings. The molecule has 1 atom stereocenters. The number of oxazole rings is 1. The van der Waals surface area contributed by atoms with E-state index in [4.69, 9.17) is 4.42 Å². The van der Waals surface area contributed by atoms with Crippen LogP contribution < -0.4 is 0 Å². The molecule has 0 bridgehead atoms. The van der Waals surface area contributed by atoms with Gasteiger partial charge in [0.05, 0.1) is 23.2 Å². The van der Waals surface area contributed by atoms with Gasteiger partial charge in [-0.1, -0.05) is 6.07 Å². The Morgan fingerprint density at radius 2 is 2.06 bits per heavy atom. The summed E-state index contributed by atoms with van der Waals surface area (Å²) in [5, 5.41) is 4.11. The van der Waals surface area contributed by atoms with Crippen molar-refractivity contribution in [3.63, 3.8) is 0 Å². The Bertz CT molecular complexity index is 1310. The van der Waals surface area contributed by atoms with Crippen molar-refractivity contribution in [1.29, 1.82) is 0 Å². The van der Waals surface area contributed by atoms with Crippen LogP contribution in [0.3, 0.4) is 0 Å². The minimum Gasteiger partial charge on any atom is -0.438 e. The molecule has 0 saturated heterocycles. The molecule has 0 aromatic carbocycles. The maximum absolute atomic E-state index is 13.4. The first kappa shape index (κ1) is 20.2. The summed E-state index contributed by atoms with van der Waals surface area (Å²) in [5.74, 6) is -1.52. The highest BCUT2D eigenvalue weighted by Crippen LogP contribution is 2.36. The predicted molar refractivity (Wildman–Crippen MR) is 96.8 cm³/mol. The minimum atomic E-state index is -4.66. The van der Waals surface area contributed by atoms with Gasteiger partial charge in [-0.3, -0.25) is 4.79 Å². The van der Waals surface area contributed by atoms with Crippen molar-refractivity contribution in [3.8, 4) is 0 Å². The zero-order chi connectivity index (χ0) is 22.6. The van der Waals surface area contributed by atoms with E-state index in [9.17, 15) is 26.7 Å². The zero-order valence-corrected chi connectivity index (χ0v) is 16.0. The maximum Gasteiger partial charge on any atom is 0.433 e. The summed E-state index contributed by atoms with van der Waals surface area (Å²) in [6.07, 6.45) is -5.23. The van der Waals surface area contributed by atoms with E-state index in [2.05, 4.69) is 20.1 Å². The normalized spacial score (nSPS) is 16.7. The third kappa shape index (κ3) is 3.11. The number of aromatic nitrogens is 5. The Hall–Kier alpha value is -3.77. The predicted octanol–water partition coefficient (Wildman–Crippen LogP) is 3.79. The number of amides is 1. The van der Waals surface area contributed by atoms with Crippen LogP contribution in [-0.4, -0.2) is 41.9 Å². The molecule has 4 aromatic rings. The highest BCUT2D eigenvalue weighted by Gasteiger charge is 2.40. The summed E-state index contributed by atoms with van der Waals surface area (Å²) in [7, 11) is 0. The molecular formula is C19H13F5N6O2. The first-order valence-electron chi connectivity index (χ1n) is 9.36. The molecule has 5 rings (SSSR count). The maximum atomic E-state index is 13.4. The Labute approximate surface area is 175 Å². The molecule has 0 radical (unpaired) electrons. The number of fused-ring (bicyclic) bond motifs is 2. The molecule has 8 nitrogen and oxygen atoms in total. The number of aromatic amines is 1. The van der Waals surface area contributed by atoms with E-state index in [-0.39, 0.29) is 17.8 Å². The van der Waals surface area contributed by atoms with Crippen molar-refractivity contribution in [2.45, 2.75) is 25.1 Å². The molecular weight excluding hydrogens is 439 g/mol. The zero-order valence-electron chi connectivity index (χ0n) is 16.0. The smallest absolute Gasteiger partial charge is 0.433 e. The van der Waals surface area contributed by atoms with Crippen molar-refractivity contribution in [2.24, 2.45) is 0 Å². The van der Waals surface area contributed by atoms with E-state index >= 15 is 0 Å². The number of alkyl halides is 5. The van der Waals surface area contributed by atoms with E-state index in [0.29, 0.717) is 17.8 Å². The van der Waals surface area contributed by atoms with Crippen LogP contribution in [0.2, 0.25) is 0 Å². The van der Waals surface area contributed by atoms with Crippen LogP contribution in [0.15, 0.2) is 41.4 Å². The fraction of sp³-hybridized carbons (Fsp3) is 0.263. The van der Waals surface area contributed by atoms with E-state index in [1.54, 1.807) is 0 Å². The molecule has 32 heavy (non-hydrogen) atoms. The number of carbonyl (C=O) groups is 1. The fourth-order valence-corrected chi connectivity index (χ4v) is 3.88. The van der Waals surface area contributed by atoms with Crippen LogP contribution in [0.5, 0.6) is 0 Å². The van der Waals surface area contributed by atoms with Gasteiger partial charge in [-0.2, -0.15) is 18.3 Å². The largest absolute Gasteiger partial charge is 0.438 e. The molecule has 5 heterocycles. The highest BCUT2D eigenvalue weighted by atomic mass is 19.4. The third-order valence-corrected chi connectivity index (χ3v) is 5.26. The Morgan fingerprint density at radius 1 is 1.25 bits per heavy atom. The lowest BCUT2D eigenvalue weighted by Gasteiger charge is -2.33. The van der Waals surface area contributed by atoms with Crippen LogP contribution in [0, 0.1) is 0 Å². The lowest BCUT2D eigenvalue weighted by Crippen LogP contribution is -2.41. The molecule has 0 spiro atoms. The third-order valence-electron chi connectivity index (χ3n) is 5.26. The number of imidazole rings is 1. The number of carbonyl (C=O) groups excluding carboxylic acids is 1. The number of H-pyrrole nitrogens is 1. The van der Waals surface area contributed by atoms with Crippen LogP contribution >= 0.6 is 0 Å². The van der Waals surface area contributed by atoms with Crippen LogP contribution in [0.25, 0.3) is 5.52 Å². The average molecular weight is 452 g/mol. The van der Waals surface area contributed by atoms with Gasteiger partial charge in [-0.05, 0) is 18.2 Å². The molecule has 166 valence electrons. The first-order chi connectivity index (χ1) is 15.3. The van der Waals surface area contributed by atoms with E-state index in [1.807, 2.05) is 0 Å². The van der Waals surface area contributed by atoms with Gasteiger partial charge >= 0.3 is 6.18 Å². The minimum absolute atomic E-state index is 0.0715. The Kier molecular flexibility index (Phi) is 4.50. The lowest BCUT2D eigenvalue weighted by atomic mass is 9.99. The molecule has 0 fully saturated rings. The number of nitrogens with zero attached hydrogens (tertiary/aromatic N) is 5. The number of halogens is 5. The van der Waals surface area contributed by atoms with Crippen LogP contribution in [0.4, 0.5) is 22.0 Å². The Balaban J connectivity index is 1.64. The topological polar surface area (TPSA) is 92.3 Å². The monoisotopic (exact) mass is 452 g/mol. The van der Waals surface area contributed by atoms with Crippen molar-refractivity contribution in [3.05, 3.63) is 71.2 Å². The standard InChI is InChI=1S/C19H13F5N6O2/c20-17(21)14-16(32-8-27-14)18(31)29-5-4-10-13(26-7-25-10)15(29)11-6-9-2-1-3-12(19(22,23)24)30(9)28-11/h1-3,6-8,15,17H,4-5H2,(H,25,26)/t15-/m0/s1. The number of hydrogen-bond acceptors (Lipinski definition) is 5. The highest BCUT2D eigenvalue weighted by molar-refractivity contribution is 5.93. The van der Waals surface area contributed by atoms with Gasteiger partial charge in [0.1, 0.15) is 11.7 Å². The molecule has 13 heteroatoms. The molecule has 0 aliphatic carbocycles. The number of pyridine rings is 1. The molecule has 1 N–H and O–H groups in total. The van der Waals surface area contributed by atoms with Gasteiger partial charge in [0.2, 0.25) is 5.76 Å². The SMILES string of the molecule is O=C(c1ocnc1C(F)F)N1CCc2[nH]cnc2[C@@H]1c1cc2cccc(C(F)(F)F)n2n1. The van der Waals surface area contributed by atoms with Gasteiger partial charge in [-0.25, -0.2) is 23.3 Å². The van der Waals surface area contributed by atoms with Gasteiger partial charge in [0, 0.05) is 18.7 Å². The van der Waals surface area contributed by atoms with E-state index < -0.39 is 41.7 Å². The molecule has 1 amide bonds. The molecule has 0 unspecified atom stereocenters. The summed E-state index contributed by atoms with van der Waals surface area (Å²) in [6.45, 7) is 0.0715. The molecule has 4 aromatic heterocycles. The number of nitrogens with one attached hydrogen (secondary N) is 1. The van der Waals surface area contributed by atoms with Crippen molar-refractivity contribution < 1.29 is 31.2 Å². The number of hydrogen-bond donors (Lipinski definition) is 1. The van der Waals surface area contributed by atoms with Gasteiger partial charge in [0.15, 0.2) is 12.1 Å². The Morgan fingerprint density at radius 3 is 2.81 bits per heavy atom. The lowest BCUT2D eigenvalue weighted by molar-refractivity contribution is -0.142. The molecule has 1 aliphatic heterocycles. The average Bonchev–Trinajstić information content (AvgIpc) is 3.49. The van der Waals surface area contributed by atoms with Crippen LogP contribution in [0.1, 0.15) is 51.5 Å². The summed E-state index contributed by atoms with van der Waals surface area (Å²) in [4.78, 5) is 24.9. The fourth-order valence-electron chi connectivity index (χ4n) is 3.88. The second-order valence-electron chi connectivity index (χ2n) is 7.10. The van der Waals surface area contributed by atoms with Crippen molar-refractivity contribution in [2.75, 3.05) is 6.54 Å². The van der Waals surface area contributed by atoms with Gasteiger partial charge in [-0.15, -0.1) is 0 Å². The summed E-state index contributed by atoms with van der Waals surface area (Å²) >= 11 is 0. The van der Waals surface area contributed by atoms with E-state index in [0.717, 1.165) is 17.0 Å². The van der Waals surface area contributed by atoms with Gasteiger partial charge in [0.25, 0.3) is 12.3 Å². The van der Waals surface area contributed by atoms with Crippen LogP contribution in [-0.2, 0) is 12.6 Å². The van der Waals surface area contributed by atoms with E-state index in [1.165, 1.54) is 29.4 Å². The quantitative estimate of drug-likeness (QED) is 0.478.